The summed E-state index contributed by atoms with van der Waals surface area (Å²) >= 11 is 5.61. The Balaban J connectivity index is 1.26. The molecule has 216 valence electrons. The number of fused-ring (bicyclic) bond motifs is 1. The number of thiocarbonyl (C=S) groups is 1. The molecule has 0 bridgehead atoms. The standard InChI is InChI=1S/C30H24F5N5OS/c1-17-4-5-18-13-26(42)39(28(18)27(17)32)20-8-11-38(12-9-20)29(41)24-15-25(19-3-2-10-36-16-19)40(37-24)21-6-7-22(23(31)14-21)30(33,34)35/h2-7,10,14-16,20H,8-9,11-13H2,1H3. The molecule has 4 heterocycles. The molecule has 2 aliphatic rings. The monoisotopic (exact) mass is 597 g/mol. The van der Waals surface area contributed by atoms with Crippen LogP contribution in [0.2, 0.25) is 0 Å². The number of rotatable bonds is 4. The van der Waals surface area contributed by atoms with E-state index in [0.717, 1.165) is 17.7 Å². The molecule has 1 amide bonds. The van der Waals surface area contributed by atoms with E-state index >= 15 is 4.39 Å². The molecule has 0 saturated carbocycles. The van der Waals surface area contributed by atoms with Crippen LogP contribution in [0.3, 0.4) is 0 Å². The number of carbonyl (C=O) groups excluding carboxylic acids is 1. The number of benzene rings is 2. The van der Waals surface area contributed by atoms with Crippen LogP contribution in [0, 0.1) is 18.6 Å². The van der Waals surface area contributed by atoms with E-state index in [4.69, 9.17) is 12.2 Å². The second-order valence-corrected chi connectivity index (χ2v) is 10.9. The van der Waals surface area contributed by atoms with Crippen molar-refractivity contribution in [3.05, 3.63) is 94.9 Å². The highest BCUT2D eigenvalue weighted by Gasteiger charge is 2.37. The molecule has 2 aromatic carbocycles. The van der Waals surface area contributed by atoms with Gasteiger partial charge in [-0.05, 0) is 61.2 Å². The summed E-state index contributed by atoms with van der Waals surface area (Å²) < 4.78 is 70.2. The number of anilines is 1. The van der Waals surface area contributed by atoms with Gasteiger partial charge in [-0.15, -0.1) is 0 Å². The fraction of sp³-hybridized carbons (Fsp3) is 0.267. The van der Waals surface area contributed by atoms with Gasteiger partial charge >= 0.3 is 6.18 Å². The number of hydrogen-bond donors (Lipinski definition) is 0. The third kappa shape index (κ3) is 4.93. The molecule has 2 aromatic heterocycles. The smallest absolute Gasteiger partial charge is 0.337 e. The van der Waals surface area contributed by atoms with Gasteiger partial charge in [0, 0.05) is 49.6 Å². The molecule has 0 N–H and O–H groups in total. The first-order valence-electron chi connectivity index (χ1n) is 13.3. The Morgan fingerprint density at radius 2 is 1.81 bits per heavy atom. The molecule has 6 nitrogen and oxygen atoms in total. The summed E-state index contributed by atoms with van der Waals surface area (Å²) in [5.41, 5.74) is 1.52. The lowest BCUT2D eigenvalue weighted by Gasteiger charge is -2.38. The lowest BCUT2D eigenvalue weighted by atomic mass is 10.0. The highest BCUT2D eigenvalue weighted by molar-refractivity contribution is 7.80. The van der Waals surface area contributed by atoms with Gasteiger partial charge in [-0.3, -0.25) is 9.78 Å². The highest BCUT2D eigenvalue weighted by Crippen LogP contribution is 2.38. The molecule has 12 heteroatoms. The first kappa shape index (κ1) is 28.0. The Bertz CT molecular complexity index is 1700. The van der Waals surface area contributed by atoms with Crippen molar-refractivity contribution < 1.29 is 26.7 Å². The van der Waals surface area contributed by atoms with E-state index in [-0.39, 0.29) is 29.1 Å². The molecule has 2 aliphatic heterocycles. The van der Waals surface area contributed by atoms with Crippen molar-refractivity contribution in [2.75, 3.05) is 18.0 Å². The molecule has 1 fully saturated rings. The van der Waals surface area contributed by atoms with Crippen molar-refractivity contribution in [1.82, 2.24) is 19.7 Å². The number of pyridine rings is 1. The van der Waals surface area contributed by atoms with Gasteiger partial charge < -0.3 is 9.80 Å². The third-order valence-corrected chi connectivity index (χ3v) is 8.09. The number of aromatic nitrogens is 3. The molecular formula is C30H24F5N5OS. The predicted octanol–water partition coefficient (Wildman–Crippen LogP) is 6.53. The molecule has 1 saturated heterocycles. The van der Waals surface area contributed by atoms with E-state index in [1.54, 1.807) is 36.2 Å². The molecule has 0 radical (unpaired) electrons. The maximum atomic E-state index is 15.1. The summed E-state index contributed by atoms with van der Waals surface area (Å²) in [6, 6.07) is 11.0. The third-order valence-electron chi connectivity index (χ3n) is 7.75. The minimum Gasteiger partial charge on any atom is -0.337 e. The fourth-order valence-electron chi connectivity index (χ4n) is 5.62. The predicted molar refractivity (Wildman–Crippen MR) is 151 cm³/mol. The van der Waals surface area contributed by atoms with E-state index in [0.29, 0.717) is 65.9 Å². The van der Waals surface area contributed by atoms with Gasteiger partial charge in [0.15, 0.2) is 5.69 Å². The van der Waals surface area contributed by atoms with Crippen molar-refractivity contribution >= 4 is 28.8 Å². The average Bonchev–Trinajstić information content (AvgIpc) is 3.56. The second-order valence-electron chi connectivity index (χ2n) is 10.4. The van der Waals surface area contributed by atoms with Crippen LogP contribution in [-0.2, 0) is 12.6 Å². The van der Waals surface area contributed by atoms with Crippen molar-refractivity contribution in [2.45, 2.75) is 38.4 Å². The van der Waals surface area contributed by atoms with Crippen LogP contribution in [0.1, 0.15) is 40.0 Å². The summed E-state index contributed by atoms with van der Waals surface area (Å²) in [4.78, 5) is 21.8. The zero-order chi connectivity index (χ0) is 29.8. The molecular weight excluding hydrogens is 573 g/mol. The van der Waals surface area contributed by atoms with Gasteiger partial charge in [-0.2, -0.15) is 18.3 Å². The van der Waals surface area contributed by atoms with Crippen molar-refractivity contribution in [3.8, 4) is 16.9 Å². The molecule has 0 spiro atoms. The van der Waals surface area contributed by atoms with Crippen molar-refractivity contribution in [3.63, 3.8) is 0 Å². The van der Waals surface area contributed by atoms with Gasteiger partial charge in [-0.25, -0.2) is 13.5 Å². The maximum Gasteiger partial charge on any atom is 0.419 e. The van der Waals surface area contributed by atoms with Gasteiger partial charge in [0.05, 0.1) is 27.6 Å². The van der Waals surface area contributed by atoms with Crippen molar-refractivity contribution in [1.29, 1.82) is 0 Å². The summed E-state index contributed by atoms with van der Waals surface area (Å²) in [5.74, 6) is -2.11. The van der Waals surface area contributed by atoms with E-state index < -0.39 is 17.6 Å². The summed E-state index contributed by atoms with van der Waals surface area (Å²) in [6.07, 6.45) is -0.170. The van der Waals surface area contributed by atoms with Crippen LogP contribution in [0.4, 0.5) is 27.6 Å². The molecule has 4 aromatic rings. The van der Waals surface area contributed by atoms with E-state index in [2.05, 4.69) is 10.1 Å². The largest absolute Gasteiger partial charge is 0.419 e. The van der Waals surface area contributed by atoms with E-state index in [9.17, 15) is 22.4 Å². The lowest BCUT2D eigenvalue weighted by Crippen LogP contribution is -2.48. The second kappa shape index (κ2) is 10.6. The molecule has 42 heavy (non-hydrogen) atoms. The summed E-state index contributed by atoms with van der Waals surface area (Å²) in [6.45, 7) is 2.46. The molecule has 0 aliphatic carbocycles. The van der Waals surface area contributed by atoms with E-state index in [1.165, 1.54) is 16.9 Å². The normalized spacial score (nSPS) is 15.8. The van der Waals surface area contributed by atoms with Crippen molar-refractivity contribution in [2.24, 2.45) is 0 Å². The number of likely N-dealkylation sites (tertiary alicyclic amines) is 1. The number of nitrogens with zero attached hydrogens (tertiary/aromatic N) is 5. The number of hydrogen-bond acceptors (Lipinski definition) is 4. The Morgan fingerprint density at radius 1 is 1.05 bits per heavy atom. The van der Waals surface area contributed by atoms with Gasteiger partial charge in [0.25, 0.3) is 5.91 Å². The van der Waals surface area contributed by atoms with Crippen LogP contribution < -0.4 is 4.90 Å². The number of alkyl halides is 3. The summed E-state index contributed by atoms with van der Waals surface area (Å²) in [7, 11) is 0. The number of amides is 1. The molecule has 6 rings (SSSR count). The number of carbonyl (C=O) groups is 1. The quantitative estimate of drug-likeness (QED) is 0.198. The minimum atomic E-state index is -4.85. The van der Waals surface area contributed by atoms with Crippen LogP contribution >= 0.6 is 12.2 Å². The number of piperidine rings is 1. The average molecular weight is 598 g/mol. The molecule has 0 unspecified atom stereocenters. The van der Waals surface area contributed by atoms with Crippen LogP contribution in [0.5, 0.6) is 0 Å². The van der Waals surface area contributed by atoms with Crippen LogP contribution in [0.15, 0.2) is 60.9 Å². The SMILES string of the molecule is Cc1ccc2c(c1F)N(C1CCN(C(=O)c3cc(-c4cccnc4)n(-c4ccc(C(F)(F)F)c(F)c4)n3)CC1)C(=S)C2. The molecule has 0 atom stereocenters. The zero-order valence-electron chi connectivity index (χ0n) is 22.3. The lowest BCUT2D eigenvalue weighted by molar-refractivity contribution is -0.140. The van der Waals surface area contributed by atoms with Crippen LogP contribution in [-0.4, -0.2) is 49.7 Å². The Kier molecular flexibility index (Phi) is 7.04. The van der Waals surface area contributed by atoms with Gasteiger partial charge in [-0.1, -0.05) is 24.4 Å². The fourth-order valence-corrected chi connectivity index (χ4v) is 6.02. The minimum absolute atomic E-state index is 0.0237. The topological polar surface area (TPSA) is 54.3 Å². The Morgan fingerprint density at radius 3 is 2.48 bits per heavy atom. The number of aryl methyl sites for hydroxylation is 1. The first-order chi connectivity index (χ1) is 20.0. The number of halogens is 5. The van der Waals surface area contributed by atoms with Crippen LogP contribution in [0.25, 0.3) is 16.9 Å². The Labute approximate surface area is 243 Å². The summed E-state index contributed by atoms with van der Waals surface area (Å²) in [5, 5.41) is 4.39. The van der Waals surface area contributed by atoms with Gasteiger partial charge in [0.1, 0.15) is 11.6 Å². The maximum absolute atomic E-state index is 15.1. The highest BCUT2D eigenvalue weighted by atomic mass is 32.1. The Hall–Kier alpha value is -4.19. The zero-order valence-corrected chi connectivity index (χ0v) is 23.1. The first-order valence-corrected chi connectivity index (χ1v) is 13.7. The van der Waals surface area contributed by atoms with Gasteiger partial charge in [0.2, 0.25) is 0 Å². The van der Waals surface area contributed by atoms with E-state index in [1.807, 2.05) is 11.0 Å².